The molecular weight excluding hydrogens is 343 g/mol. The van der Waals surface area contributed by atoms with Crippen LogP contribution in [-0.4, -0.2) is 15.5 Å². The second-order valence-electron chi connectivity index (χ2n) is 5.10. The van der Waals surface area contributed by atoms with E-state index in [1.54, 1.807) is 23.7 Å². The molecule has 0 aliphatic heterocycles. The molecule has 4 nitrogen and oxygen atoms in total. The lowest BCUT2D eigenvalue weighted by atomic mass is 10.1. The van der Waals surface area contributed by atoms with Crippen LogP contribution in [0.15, 0.2) is 42.5 Å². The maximum absolute atomic E-state index is 12.9. The van der Waals surface area contributed by atoms with Crippen LogP contribution in [-0.2, 0) is 13.2 Å². The zero-order valence-corrected chi connectivity index (χ0v) is 13.1. The van der Waals surface area contributed by atoms with E-state index >= 15 is 0 Å². The molecule has 0 atom stereocenters. The molecule has 1 heterocycles. The zero-order chi connectivity index (χ0) is 17.5. The van der Waals surface area contributed by atoms with Gasteiger partial charge in [0.1, 0.15) is 0 Å². The van der Waals surface area contributed by atoms with Gasteiger partial charge in [0.25, 0.3) is 5.91 Å². The van der Waals surface area contributed by atoms with Gasteiger partial charge in [-0.1, -0.05) is 29.8 Å². The summed E-state index contributed by atoms with van der Waals surface area (Å²) in [5.74, 6) is -0.542. The highest BCUT2D eigenvalue weighted by Crippen LogP contribution is 2.36. The van der Waals surface area contributed by atoms with Crippen LogP contribution in [0.2, 0.25) is 5.02 Å². The first-order valence-corrected chi connectivity index (χ1v) is 7.25. The third kappa shape index (κ3) is 2.82. The molecule has 0 unspecified atom stereocenters. The van der Waals surface area contributed by atoms with Crippen molar-refractivity contribution in [1.29, 1.82) is 0 Å². The molecule has 3 rings (SSSR count). The molecule has 0 radical (unpaired) electrons. The number of anilines is 1. The summed E-state index contributed by atoms with van der Waals surface area (Å²) < 4.78 is 40.3. The molecule has 0 bridgehead atoms. The quantitative estimate of drug-likeness (QED) is 0.737. The van der Waals surface area contributed by atoms with Gasteiger partial charge in [-0.25, -0.2) is 4.98 Å². The van der Waals surface area contributed by atoms with Gasteiger partial charge in [-0.3, -0.25) is 10.1 Å². The van der Waals surface area contributed by atoms with Crippen molar-refractivity contribution in [3.63, 3.8) is 0 Å². The summed E-state index contributed by atoms with van der Waals surface area (Å²) in [4.78, 5) is 16.6. The van der Waals surface area contributed by atoms with Crippen molar-refractivity contribution >= 4 is 34.5 Å². The molecule has 1 amide bonds. The van der Waals surface area contributed by atoms with Crippen molar-refractivity contribution in [2.45, 2.75) is 6.18 Å². The van der Waals surface area contributed by atoms with Gasteiger partial charge in [0.15, 0.2) is 0 Å². The van der Waals surface area contributed by atoms with Crippen LogP contribution in [0.3, 0.4) is 0 Å². The SMILES string of the molecule is Cn1c(NC(=O)c2cccc(C(F)(F)F)c2Cl)nc2ccccc21. The highest BCUT2D eigenvalue weighted by Gasteiger charge is 2.34. The average Bonchev–Trinajstić information content (AvgIpc) is 2.83. The maximum atomic E-state index is 12.9. The van der Waals surface area contributed by atoms with Gasteiger partial charge in [-0.2, -0.15) is 13.2 Å². The molecule has 3 aromatic rings. The monoisotopic (exact) mass is 353 g/mol. The highest BCUT2D eigenvalue weighted by molar-refractivity contribution is 6.35. The Morgan fingerprint density at radius 3 is 2.54 bits per heavy atom. The molecule has 124 valence electrons. The number of alkyl halides is 3. The number of carbonyl (C=O) groups is 1. The number of fused-ring (bicyclic) bond motifs is 1. The first-order chi connectivity index (χ1) is 11.3. The highest BCUT2D eigenvalue weighted by atomic mass is 35.5. The largest absolute Gasteiger partial charge is 0.417 e. The Hall–Kier alpha value is -2.54. The van der Waals surface area contributed by atoms with Crippen molar-refractivity contribution in [3.8, 4) is 0 Å². The predicted octanol–water partition coefficient (Wildman–Crippen LogP) is 4.50. The van der Waals surface area contributed by atoms with Crippen LogP contribution in [0.25, 0.3) is 11.0 Å². The van der Waals surface area contributed by atoms with E-state index in [1.165, 1.54) is 6.07 Å². The summed E-state index contributed by atoms with van der Waals surface area (Å²) in [6, 6.07) is 10.4. The molecule has 24 heavy (non-hydrogen) atoms. The molecule has 0 saturated carbocycles. The topological polar surface area (TPSA) is 46.9 Å². The number of nitrogens with zero attached hydrogens (tertiary/aromatic N) is 2. The summed E-state index contributed by atoms with van der Waals surface area (Å²) in [5, 5.41) is 1.86. The average molecular weight is 354 g/mol. The summed E-state index contributed by atoms with van der Waals surface area (Å²) in [7, 11) is 1.69. The number of aryl methyl sites for hydroxylation is 1. The van der Waals surface area contributed by atoms with Crippen LogP contribution in [0.4, 0.5) is 19.1 Å². The second kappa shape index (κ2) is 5.83. The molecule has 0 aliphatic carbocycles. The van der Waals surface area contributed by atoms with Crippen LogP contribution in [0, 0.1) is 0 Å². The van der Waals surface area contributed by atoms with Gasteiger partial charge in [0.05, 0.1) is 27.2 Å². The van der Waals surface area contributed by atoms with Crippen molar-refractivity contribution < 1.29 is 18.0 Å². The lowest BCUT2D eigenvalue weighted by Gasteiger charge is -2.12. The van der Waals surface area contributed by atoms with Crippen molar-refractivity contribution in [1.82, 2.24) is 9.55 Å². The van der Waals surface area contributed by atoms with Crippen LogP contribution >= 0.6 is 11.6 Å². The number of imidazole rings is 1. The fourth-order valence-electron chi connectivity index (χ4n) is 2.35. The standard InChI is InChI=1S/C16H11ClF3N3O/c1-23-12-8-3-2-7-11(12)21-15(23)22-14(24)9-5-4-6-10(13(9)17)16(18,19)20/h2-8H,1H3,(H,21,22,24). The molecule has 0 spiro atoms. The Bertz CT molecular complexity index is 934. The number of hydrogen-bond acceptors (Lipinski definition) is 2. The predicted molar refractivity (Wildman–Crippen MR) is 85.1 cm³/mol. The third-order valence-electron chi connectivity index (χ3n) is 3.56. The van der Waals surface area contributed by atoms with Crippen molar-refractivity contribution in [2.24, 2.45) is 7.05 Å². The van der Waals surface area contributed by atoms with Crippen LogP contribution < -0.4 is 5.32 Å². The van der Waals surface area contributed by atoms with Crippen molar-refractivity contribution in [3.05, 3.63) is 58.6 Å². The summed E-state index contributed by atoms with van der Waals surface area (Å²) in [6.45, 7) is 0. The number of amides is 1. The van der Waals surface area contributed by atoms with Gasteiger partial charge >= 0.3 is 6.18 Å². The number of nitrogens with one attached hydrogen (secondary N) is 1. The molecule has 8 heteroatoms. The van der Waals surface area contributed by atoms with E-state index in [-0.39, 0.29) is 11.5 Å². The minimum absolute atomic E-state index is 0.217. The molecule has 1 aromatic heterocycles. The van der Waals surface area contributed by atoms with E-state index in [0.717, 1.165) is 17.6 Å². The van der Waals surface area contributed by atoms with Gasteiger partial charge < -0.3 is 4.57 Å². The third-order valence-corrected chi connectivity index (χ3v) is 3.97. The van der Waals surface area contributed by atoms with Gasteiger partial charge in [0.2, 0.25) is 5.95 Å². The molecule has 2 aromatic carbocycles. The first-order valence-electron chi connectivity index (χ1n) is 6.87. The van der Waals surface area contributed by atoms with Crippen LogP contribution in [0.1, 0.15) is 15.9 Å². The number of carbonyl (C=O) groups excluding carboxylic acids is 1. The van der Waals surface area contributed by atoms with Crippen LogP contribution in [0.5, 0.6) is 0 Å². The number of halogens is 4. The minimum Gasteiger partial charge on any atom is -0.313 e. The van der Waals surface area contributed by atoms with Gasteiger partial charge in [-0.15, -0.1) is 0 Å². The number of hydrogen-bond donors (Lipinski definition) is 1. The van der Waals surface area contributed by atoms with E-state index < -0.39 is 22.7 Å². The first kappa shape index (κ1) is 16.3. The number of rotatable bonds is 2. The molecule has 0 aliphatic rings. The Morgan fingerprint density at radius 1 is 1.17 bits per heavy atom. The Balaban J connectivity index is 1.97. The van der Waals surface area contributed by atoms with E-state index in [9.17, 15) is 18.0 Å². The fraction of sp³-hybridized carbons (Fsp3) is 0.125. The van der Waals surface area contributed by atoms with Gasteiger partial charge in [0, 0.05) is 7.05 Å². The van der Waals surface area contributed by atoms with E-state index in [0.29, 0.717) is 5.52 Å². The van der Waals surface area contributed by atoms with Gasteiger partial charge in [-0.05, 0) is 24.3 Å². The zero-order valence-electron chi connectivity index (χ0n) is 12.4. The fourth-order valence-corrected chi connectivity index (χ4v) is 2.67. The summed E-state index contributed by atoms with van der Waals surface area (Å²) in [5.41, 5.74) is 0.119. The Kier molecular flexibility index (Phi) is 3.96. The van der Waals surface area contributed by atoms with E-state index in [2.05, 4.69) is 10.3 Å². The number of aromatic nitrogens is 2. The minimum atomic E-state index is -4.63. The Labute approximate surface area is 139 Å². The molecule has 0 fully saturated rings. The maximum Gasteiger partial charge on any atom is 0.417 e. The van der Waals surface area contributed by atoms with E-state index in [1.807, 2.05) is 12.1 Å². The normalized spacial score (nSPS) is 11.7. The molecule has 0 saturated heterocycles. The smallest absolute Gasteiger partial charge is 0.313 e. The summed E-state index contributed by atoms with van der Waals surface area (Å²) in [6.07, 6.45) is -4.63. The second-order valence-corrected chi connectivity index (χ2v) is 5.48. The van der Waals surface area contributed by atoms with E-state index in [4.69, 9.17) is 11.6 Å². The molecule has 1 N–H and O–H groups in total. The van der Waals surface area contributed by atoms with Crippen molar-refractivity contribution in [2.75, 3.05) is 5.32 Å². The number of para-hydroxylation sites is 2. The lowest BCUT2D eigenvalue weighted by Crippen LogP contribution is -2.17. The number of benzene rings is 2. The summed E-state index contributed by atoms with van der Waals surface area (Å²) >= 11 is 5.76. The Morgan fingerprint density at radius 2 is 1.88 bits per heavy atom. The molecular formula is C16H11ClF3N3O. The lowest BCUT2D eigenvalue weighted by molar-refractivity contribution is -0.137.